The fourth-order valence-electron chi connectivity index (χ4n) is 16.7. The van der Waals surface area contributed by atoms with Gasteiger partial charge in [0, 0.05) is 224 Å². The van der Waals surface area contributed by atoms with Gasteiger partial charge in [0.25, 0.3) is 0 Å². The van der Waals surface area contributed by atoms with Crippen LogP contribution in [0.15, 0.2) is 294 Å². The topological polar surface area (TPSA) is 523 Å². The van der Waals surface area contributed by atoms with Crippen LogP contribution in [0.4, 0.5) is 17.1 Å². The Labute approximate surface area is 804 Å². The zero-order valence-corrected chi connectivity index (χ0v) is 76.3. The van der Waals surface area contributed by atoms with Gasteiger partial charge in [0.15, 0.2) is 23.3 Å². The number of pyridine rings is 11. The average Bonchev–Trinajstić information content (AvgIpc) is 1.63. The van der Waals surface area contributed by atoms with E-state index in [1.807, 2.05) is 155 Å². The summed E-state index contributed by atoms with van der Waals surface area (Å²) >= 11 is 0. The highest BCUT2D eigenvalue weighted by Gasteiger charge is 2.30. The van der Waals surface area contributed by atoms with Gasteiger partial charge in [0.2, 0.25) is 17.7 Å². The number of nitrogens with zero attached hydrogens (tertiary/aromatic N) is 22. The molecule has 142 heavy (non-hydrogen) atoms. The van der Waals surface area contributed by atoms with E-state index in [1.54, 1.807) is 143 Å². The lowest BCUT2D eigenvalue weighted by Gasteiger charge is -2.09. The van der Waals surface area contributed by atoms with Crippen LogP contribution in [0, 0.1) is 11.8 Å². The summed E-state index contributed by atoms with van der Waals surface area (Å²) in [6.45, 7) is 8.09. The molecule has 4 aromatic carbocycles. The van der Waals surface area contributed by atoms with Gasteiger partial charge in [0.05, 0.1) is 105 Å². The summed E-state index contributed by atoms with van der Waals surface area (Å²) < 4.78 is 0. The predicted octanol–water partition coefficient (Wildman–Crippen LogP) is 18.9. The standard InChI is InChI=1S/C27H20N8O.C27H22N8O.C26H21N9.C25H19N9O/c36-27(15-3-4-15)31-19-8-18(11-29-12-19)16-5-6-22-20(9-16)25(35-34-22)26-32-23-14-30-13-21(24(23)33-26)17-2-1-7-28-10-17;1-15(2)27(36)31-19-8-18(11-29-12-19)16-5-6-22-20(9-16)25(35-34-22)26-32-23-14-30-13-21(24(23)33-26)17-4-3-7-28-10-17;1-2-31-25(27)18-8-17(11-29-12-18)15-5-6-21-19(9-15)24(35-34-21)26-32-22-14-30-13-20(23(22)33-26)16-4-3-7-28-10-16;1-2-22(35)30-17-5-15(7-26-10-17)14-3-4-20-18(6-14)24(34-33-20)25-31-21-12-27-11-19(23(21)32-25)16-8-28-13-29-9-16/h1-2,5-15H,3-4H2,(H,31,36)(H,32,33)(H,34,35);3-15H,1-2H3,(H,31,36)(H,32,33)(H,34,35);3-14H,2H2,1H3,(H2,27,31)(H,32,33)(H,34,35);3-13H,2H2,1H3,(H,30,35)(H,31,32)(H,33,34). The Bertz CT molecular complexity index is 8660. The van der Waals surface area contributed by atoms with E-state index in [0.29, 0.717) is 76.2 Å². The number of carbonyl (C=O) groups is 3. The maximum Gasteiger partial charge on any atom is 0.227 e. The normalized spacial score (nSPS) is 12.0. The zero-order valence-electron chi connectivity index (χ0n) is 76.3. The number of fused-ring (bicyclic) bond motifs is 8. The first kappa shape index (κ1) is 87.6. The number of H-pyrrole nitrogens is 8. The van der Waals surface area contributed by atoms with Crippen LogP contribution in [0.25, 0.3) is 223 Å². The smallest absolute Gasteiger partial charge is 0.227 e. The Morgan fingerprint density at radius 3 is 1.02 bits per heavy atom. The number of aliphatic imine (C=N–C) groups is 1. The van der Waals surface area contributed by atoms with E-state index in [-0.39, 0.29) is 29.6 Å². The Kier molecular flexibility index (Phi) is 23.6. The molecule has 1 aliphatic rings. The summed E-state index contributed by atoms with van der Waals surface area (Å²) in [6, 6.07) is 43.6. The lowest BCUT2D eigenvalue weighted by Crippen LogP contribution is -2.17. The fraction of sp³-hybridized carbons (Fsp3) is 0.0952. The van der Waals surface area contributed by atoms with Gasteiger partial charge in [-0.2, -0.15) is 20.4 Å². The molecule has 1 fully saturated rings. The first-order valence-electron chi connectivity index (χ1n) is 45.5. The number of aromatic nitrogens is 29. The molecule has 20 aromatic heterocycles. The van der Waals surface area contributed by atoms with Crippen molar-refractivity contribution in [2.75, 3.05) is 22.5 Å². The summed E-state index contributed by atoms with van der Waals surface area (Å²) in [4.78, 5) is 129. The molecule has 0 saturated heterocycles. The lowest BCUT2D eigenvalue weighted by molar-refractivity contribution is -0.119. The van der Waals surface area contributed by atoms with Crippen LogP contribution in [-0.4, -0.2) is 176 Å². The van der Waals surface area contributed by atoms with E-state index in [9.17, 15) is 14.4 Å². The molecule has 0 unspecified atom stereocenters. The number of hydrogen-bond donors (Lipinski definition) is 12. The minimum absolute atomic E-state index is 0.0495. The van der Waals surface area contributed by atoms with Gasteiger partial charge in [-0.05, 0) is 133 Å². The molecule has 0 atom stereocenters. The lowest BCUT2D eigenvalue weighted by atomic mass is 10.0. The monoisotopic (exact) mass is 1870 g/mol. The molecule has 1 saturated carbocycles. The molecule has 20 heterocycles. The molecule has 690 valence electrons. The van der Waals surface area contributed by atoms with Crippen LogP contribution in [0.5, 0.6) is 0 Å². The Morgan fingerprint density at radius 1 is 0.345 bits per heavy atom. The minimum Gasteiger partial charge on any atom is -0.383 e. The van der Waals surface area contributed by atoms with Crippen molar-refractivity contribution in [3.8, 4) is 135 Å². The van der Waals surface area contributed by atoms with Gasteiger partial charge >= 0.3 is 0 Å². The Hall–Kier alpha value is -19.7. The third-order valence-corrected chi connectivity index (χ3v) is 24.0. The van der Waals surface area contributed by atoms with Crippen LogP contribution in [0.1, 0.15) is 52.5 Å². The molecule has 13 N–H and O–H groups in total. The number of amides is 3. The molecule has 37 nitrogen and oxygen atoms in total. The quantitative estimate of drug-likeness (QED) is 0.0249. The molecule has 37 heteroatoms. The number of amidine groups is 1. The molecule has 3 amide bonds. The summed E-state index contributed by atoms with van der Waals surface area (Å²) in [5, 5.41) is 43.0. The number of benzene rings is 4. The summed E-state index contributed by atoms with van der Waals surface area (Å²) in [5.74, 6) is 3.03. The largest absolute Gasteiger partial charge is 0.383 e. The van der Waals surface area contributed by atoms with Crippen LogP contribution < -0.4 is 21.7 Å². The number of nitrogens with one attached hydrogen (secondary N) is 11. The highest BCUT2D eigenvalue weighted by molar-refractivity contribution is 6.05. The van der Waals surface area contributed by atoms with Crippen LogP contribution in [0.3, 0.4) is 0 Å². The van der Waals surface area contributed by atoms with Crippen LogP contribution in [0.2, 0.25) is 0 Å². The zero-order chi connectivity index (χ0) is 96.3. The summed E-state index contributed by atoms with van der Waals surface area (Å²) in [5.41, 5.74) is 36.5. The third kappa shape index (κ3) is 18.0. The van der Waals surface area contributed by atoms with Crippen molar-refractivity contribution >= 4 is 128 Å². The van der Waals surface area contributed by atoms with E-state index in [4.69, 9.17) is 25.7 Å². The second kappa shape index (κ2) is 38.2. The fourth-order valence-corrected chi connectivity index (χ4v) is 16.7. The third-order valence-electron chi connectivity index (χ3n) is 24.0. The van der Waals surface area contributed by atoms with E-state index < -0.39 is 0 Å². The number of anilines is 3. The van der Waals surface area contributed by atoms with E-state index in [2.05, 4.69) is 159 Å². The molecule has 0 spiro atoms. The van der Waals surface area contributed by atoms with Crippen LogP contribution in [-0.2, 0) is 14.4 Å². The molecule has 0 bridgehead atoms. The van der Waals surface area contributed by atoms with Crippen LogP contribution >= 0.6 is 0 Å². The number of rotatable bonds is 20. The van der Waals surface area contributed by atoms with Gasteiger partial charge in [0.1, 0.15) is 57.0 Å². The molecule has 0 radical (unpaired) electrons. The molecule has 1 aliphatic carbocycles. The molecular formula is C105H82N34O3. The predicted molar refractivity (Wildman–Crippen MR) is 545 cm³/mol. The van der Waals surface area contributed by atoms with Crippen molar-refractivity contribution in [2.24, 2.45) is 22.6 Å². The first-order chi connectivity index (χ1) is 69.7. The number of aromatic amines is 8. The number of hydrogen-bond acceptors (Lipinski definition) is 25. The molecule has 24 aromatic rings. The van der Waals surface area contributed by atoms with E-state index in [0.717, 1.165) is 201 Å². The molecule has 25 rings (SSSR count). The van der Waals surface area contributed by atoms with E-state index >= 15 is 0 Å². The van der Waals surface area contributed by atoms with Crippen molar-refractivity contribution in [1.82, 2.24) is 145 Å². The Morgan fingerprint density at radius 2 is 0.676 bits per heavy atom. The van der Waals surface area contributed by atoms with Crippen molar-refractivity contribution in [1.29, 1.82) is 0 Å². The van der Waals surface area contributed by atoms with Gasteiger partial charge in [-0.1, -0.05) is 63.2 Å². The Balaban J connectivity index is 0.000000108. The van der Waals surface area contributed by atoms with Crippen molar-refractivity contribution in [2.45, 2.75) is 47.0 Å². The average molecular weight is 1870 g/mol. The van der Waals surface area contributed by atoms with Gasteiger partial charge in [-0.15, -0.1) is 0 Å². The molecule has 0 aliphatic heterocycles. The number of nitrogens with two attached hydrogens (primary N) is 1. The first-order valence-corrected chi connectivity index (χ1v) is 45.5. The van der Waals surface area contributed by atoms with Gasteiger partial charge < -0.3 is 41.6 Å². The van der Waals surface area contributed by atoms with Gasteiger partial charge in [-0.25, -0.2) is 29.9 Å². The summed E-state index contributed by atoms with van der Waals surface area (Å²) in [7, 11) is 0. The summed E-state index contributed by atoms with van der Waals surface area (Å²) in [6.07, 6.45) is 45.9. The highest BCUT2D eigenvalue weighted by Crippen LogP contribution is 2.41. The maximum atomic E-state index is 12.2. The second-order valence-electron chi connectivity index (χ2n) is 33.9. The SMILES string of the molecule is CC(C)C(=O)Nc1cncc(-c2ccc3[nH]nc(-c4nc5c(-c6cccnc6)cncc5[nH]4)c3c2)c1.CCC(=O)Nc1cncc(-c2ccc3[nH]nc(-c4nc5c(-c6cncnc6)cncc5[nH]4)c3c2)c1.CCN=C(N)c1cncc(-c2ccc3[nH]nc(-c4nc5c(-c6cccnc6)cncc5[nH]4)c3c2)c1.O=C(Nc1cncc(-c2ccc3[nH]nc(-c4nc5c(-c6cccnc6)cncc5[nH]4)c3c2)c1)C1CC1. The molecular weight excluding hydrogens is 1790 g/mol. The maximum absolute atomic E-state index is 12.2. The van der Waals surface area contributed by atoms with Crippen molar-refractivity contribution in [3.63, 3.8) is 0 Å². The van der Waals surface area contributed by atoms with Gasteiger partial charge in [-0.3, -0.25) is 94.6 Å². The van der Waals surface area contributed by atoms with Crippen molar-refractivity contribution in [3.05, 3.63) is 294 Å². The number of carbonyl (C=O) groups excluding carboxylic acids is 3. The van der Waals surface area contributed by atoms with E-state index in [1.165, 1.54) is 6.33 Å². The van der Waals surface area contributed by atoms with Crippen molar-refractivity contribution < 1.29 is 14.4 Å². The minimum atomic E-state index is -0.115. The second-order valence-corrected chi connectivity index (χ2v) is 33.9. The highest BCUT2D eigenvalue weighted by atomic mass is 16.2. The number of imidazole rings is 4.